The number of aliphatic hydroxyl groups is 1. The number of allylic oxidation sites excluding steroid dienone is 1. The molecule has 22 heavy (non-hydrogen) atoms. The molecule has 1 atom stereocenters. The van der Waals surface area contributed by atoms with Crippen LogP contribution in [0.3, 0.4) is 0 Å². The van der Waals surface area contributed by atoms with E-state index in [1.54, 1.807) is 0 Å². The second kappa shape index (κ2) is 10.0. The van der Waals surface area contributed by atoms with Crippen molar-refractivity contribution in [1.29, 1.82) is 0 Å². The van der Waals surface area contributed by atoms with Gasteiger partial charge in [-0.05, 0) is 31.2 Å². The van der Waals surface area contributed by atoms with Crippen LogP contribution in [0.5, 0.6) is 0 Å². The molecular formula is C20H34OSi. The predicted octanol–water partition coefficient (Wildman–Crippen LogP) is 5.75. The van der Waals surface area contributed by atoms with Gasteiger partial charge in [0.05, 0.1) is 14.2 Å². The van der Waals surface area contributed by atoms with Gasteiger partial charge in [0.1, 0.15) is 0 Å². The molecule has 0 bridgehead atoms. The molecule has 1 rings (SSSR count). The van der Waals surface area contributed by atoms with Gasteiger partial charge in [0.15, 0.2) is 0 Å². The second-order valence-corrected chi connectivity index (χ2v) is 12.4. The Morgan fingerprint density at radius 2 is 1.77 bits per heavy atom. The lowest BCUT2D eigenvalue weighted by atomic mass is 10.1. The van der Waals surface area contributed by atoms with Gasteiger partial charge in [-0.3, -0.25) is 0 Å². The number of benzene rings is 1. The third-order valence-corrected chi connectivity index (χ3v) is 6.47. The average Bonchev–Trinajstić information content (AvgIpc) is 2.48. The summed E-state index contributed by atoms with van der Waals surface area (Å²) < 4.78 is 0. The molecule has 0 heterocycles. The van der Waals surface area contributed by atoms with E-state index in [1.165, 1.54) is 36.4 Å². The second-order valence-electron chi connectivity index (χ2n) is 7.30. The molecule has 0 amide bonds. The SMILES string of the molecule is CCCCCC/C=C(/C(O)CCc1ccccc1)[Si](C)(C)C. The van der Waals surface area contributed by atoms with Crippen LogP contribution < -0.4 is 0 Å². The van der Waals surface area contributed by atoms with E-state index < -0.39 is 8.07 Å². The fourth-order valence-corrected chi connectivity index (χ4v) is 4.78. The Bertz CT molecular complexity index is 431. The first kappa shape index (κ1) is 19.2. The molecule has 1 nitrogen and oxygen atoms in total. The van der Waals surface area contributed by atoms with Crippen molar-refractivity contribution in [2.24, 2.45) is 0 Å². The van der Waals surface area contributed by atoms with Crippen molar-refractivity contribution >= 4 is 8.07 Å². The van der Waals surface area contributed by atoms with Gasteiger partial charge in [0, 0.05) is 0 Å². The van der Waals surface area contributed by atoms with Gasteiger partial charge in [-0.25, -0.2) is 0 Å². The summed E-state index contributed by atoms with van der Waals surface area (Å²) in [5, 5.41) is 12.0. The van der Waals surface area contributed by atoms with E-state index >= 15 is 0 Å². The lowest BCUT2D eigenvalue weighted by Crippen LogP contribution is -2.32. The van der Waals surface area contributed by atoms with Crippen LogP contribution in [-0.2, 0) is 6.42 Å². The maximum absolute atomic E-state index is 10.7. The van der Waals surface area contributed by atoms with Gasteiger partial charge in [0.25, 0.3) is 0 Å². The largest absolute Gasteiger partial charge is 0.389 e. The molecule has 0 spiro atoms. The molecule has 0 aliphatic heterocycles. The van der Waals surface area contributed by atoms with Crippen LogP contribution in [0.25, 0.3) is 0 Å². The van der Waals surface area contributed by atoms with Crippen LogP contribution in [0.15, 0.2) is 41.6 Å². The van der Waals surface area contributed by atoms with Gasteiger partial charge < -0.3 is 5.11 Å². The van der Waals surface area contributed by atoms with Crippen molar-refractivity contribution in [1.82, 2.24) is 0 Å². The summed E-state index contributed by atoms with van der Waals surface area (Å²) >= 11 is 0. The summed E-state index contributed by atoms with van der Waals surface area (Å²) in [5.41, 5.74) is 1.32. The van der Waals surface area contributed by atoms with Gasteiger partial charge in [-0.15, -0.1) is 0 Å². The van der Waals surface area contributed by atoms with Gasteiger partial charge in [-0.2, -0.15) is 0 Å². The maximum atomic E-state index is 10.7. The van der Waals surface area contributed by atoms with Crippen molar-refractivity contribution in [2.75, 3.05) is 0 Å². The van der Waals surface area contributed by atoms with E-state index in [0.29, 0.717) is 0 Å². The lowest BCUT2D eigenvalue weighted by Gasteiger charge is -2.26. The molecule has 0 saturated carbocycles. The molecule has 0 aliphatic rings. The van der Waals surface area contributed by atoms with Crippen LogP contribution in [0, 0.1) is 0 Å². The van der Waals surface area contributed by atoms with Gasteiger partial charge >= 0.3 is 0 Å². The highest BCUT2D eigenvalue weighted by Gasteiger charge is 2.25. The lowest BCUT2D eigenvalue weighted by molar-refractivity contribution is 0.206. The van der Waals surface area contributed by atoms with Crippen molar-refractivity contribution in [2.45, 2.75) is 77.6 Å². The highest BCUT2D eigenvalue weighted by Crippen LogP contribution is 2.23. The predicted molar refractivity (Wildman–Crippen MR) is 101 cm³/mol. The number of rotatable bonds is 10. The number of hydrogen-bond donors (Lipinski definition) is 1. The Labute approximate surface area is 138 Å². The fraction of sp³-hybridized carbons (Fsp3) is 0.600. The number of hydrogen-bond acceptors (Lipinski definition) is 1. The van der Waals surface area contributed by atoms with Gasteiger partial charge in [0.2, 0.25) is 0 Å². The first-order chi connectivity index (χ1) is 10.4. The summed E-state index contributed by atoms with van der Waals surface area (Å²) in [4.78, 5) is 0. The average molecular weight is 319 g/mol. The molecule has 1 aromatic carbocycles. The summed E-state index contributed by atoms with van der Waals surface area (Å²) in [6, 6.07) is 10.5. The monoisotopic (exact) mass is 318 g/mol. The van der Waals surface area contributed by atoms with Crippen molar-refractivity contribution < 1.29 is 5.11 Å². The Kier molecular flexibility index (Phi) is 8.73. The number of aliphatic hydroxyl groups excluding tert-OH is 1. The van der Waals surface area contributed by atoms with Gasteiger partial charge in [-0.1, -0.05) is 87.4 Å². The molecule has 124 valence electrons. The zero-order valence-corrected chi connectivity index (χ0v) is 15.9. The first-order valence-corrected chi connectivity index (χ1v) is 12.4. The van der Waals surface area contributed by atoms with Crippen LogP contribution in [0.1, 0.15) is 51.0 Å². The standard InChI is InChI=1S/C20H34OSi/c1-5-6-7-8-12-15-20(22(2,3)4)19(21)17-16-18-13-10-9-11-14-18/h9-11,13-15,19,21H,5-8,12,16-17H2,1-4H3/b20-15-. The van der Waals surface area contributed by atoms with E-state index in [2.05, 4.69) is 56.9 Å². The Morgan fingerprint density at radius 3 is 2.36 bits per heavy atom. The quantitative estimate of drug-likeness (QED) is 0.430. The molecule has 1 unspecified atom stereocenters. The van der Waals surface area contributed by atoms with E-state index in [0.717, 1.165) is 19.3 Å². The topological polar surface area (TPSA) is 20.2 Å². The van der Waals surface area contributed by atoms with E-state index in [9.17, 15) is 5.11 Å². The molecule has 1 N–H and O–H groups in total. The van der Waals surface area contributed by atoms with Crippen LogP contribution in [0.2, 0.25) is 19.6 Å². The molecule has 0 aliphatic carbocycles. The first-order valence-electron chi connectivity index (χ1n) is 8.87. The molecule has 0 radical (unpaired) electrons. The molecule has 0 saturated heterocycles. The summed E-state index contributed by atoms with van der Waals surface area (Å²) in [6.07, 6.45) is 10.2. The molecule has 2 heteroatoms. The molecule has 0 aromatic heterocycles. The number of aryl methyl sites for hydroxylation is 1. The third kappa shape index (κ3) is 7.41. The minimum Gasteiger partial charge on any atom is -0.389 e. The Hall–Kier alpha value is -0.863. The highest BCUT2D eigenvalue weighted by molar-refractivity contribution is 6.83. The zero-order valence-electron chi connectivity index (χ0n) is 14.9. The normalized spacial score (nSPS) is 14.1. The zero-order chi connectivity index (χ0) is 16.4. The smallest absolute Gasteiger partial charge is 0.0753 e. The Balaban J connectivity index is 2.57. The molecular weight excluding hydrogens is 284 g/mol. The Morgan fingerprint density at radius 1 is 1.09 bits per heavy atom. The number of unbranched alkanes of at least 4 members (excludes halogenated alkanes) is 4. The summed E-state index contributed by atoms with van der Waals surface area (Å²) in [7, 11) is -1.45. The summed E-state index contributed by atoms with van der Waals surface area (Å²) in [5.74, 6) is 0. The molecule has 1 aromatic rings. The van der Waals surface area contributed by atoms with Crippen molar-refractivity contribution in [3.63, 3.8) is 0 Å². The van der Waals surface area contributed by atoms with Crippen molar-refractivity contribution in [3.8, 4) is 0 Å². The molecule has 0 fully saturated rings. The highest BCUT2D eigenvalue weighted by atomic mass is 28.3. The maximum Gasteiger partial charge on any atom is 0.0753 e. The minimum atomic E-state index is -1.45. The van der Waals surface area contributed by atoms with Crippen LogP contribution in [0.4, 0.5) is 0 Å². The van der Waals surface area contributed by atoms with E-state index in [-0.39, 0.29) is 6.10 Å². The summed E-state index contributed by atoms with van der Waals surface area (Å²) in [6.45, 7) is 9.28. The van der Waals surface area contributed by atoms with Crippen molar-refractivity contribution in [3.05, 3.63) is 47.2 Å². The van der Waals surface area contributed by atoms with E-state index in [4.69, 9.17) is 0 Å². The minimum absolute atomic E-state index is 0.266. The third-order valence-electron chi connectivity index (χ3n) is 4.20. The van der Waals surface area contributed by atoms with Crippen LogP contribution in [-0.4, -0.2) is 19.3 Å². The van der Waals surface area contributed by atoms with E-state index in [1.807, 2.05) is 6.07 Å². The fourth-order valence-electron chi connectivity index (χ4n) is 2.87. The van der Waals surface area contributed by atoms with Crippen LogP contribution >= 0.6 is 0 Å².